The molecule has 1 heterocycles. The molecule has 2 fully saturated rings. The Labute approximate surface area is 112 Å². The summed E-state index contributed by atoms with van der Waals surface area (Å²) in [5, 5.41) is 3.71. The quantitative estimate of drug-likeness (QED) is 0.759. The van der Waals surface area contributed by atoms with Crippen molar-refractivity contribution in [3.05, 3.63) is 0 Å². The lowest BCUT2D eigenvalue weighted by Gasteiger charge is -2.56. The van der Waals surface area contributed by atoms with Crippen LogP contribution in [0.3, 0.4) is 0 Å². The third kappa shape index (κ3) is 2.59. The average Bonchev–Trinajstić information content (AvgIpc) is 2.87. The van der Waals surface area contributed by atoms with E-state index in [1.165, 1.54) is 25.7 Å². The van der Waals surface area contributed by atoms with E-state index in [0.29, 0.717) is 23.7 Å². The van der Waals surface area contributed by atoms with Crippen LogP contribution in [0.15, 0.2) is 0 Å². The van der Waals surface area contributed by atoms with E-state index in [2.05, 4.69) is 26.1 Å². The van der Waals surface area contributed by atoms with Gasteiger partial charge in [0.15, 0.2) is 0 Å². The molecule has 0 radical (unpaired) electrons. The van der Waals surface area contributed by atoms with Gasteiger partial charge in [-0.2, -0.15) is 0 Å². The summed E-state index contributed by atoms with van der Waals surface area (Å²) in [6.45, 7) is 9.66. The first kappa shape index (κ1) is 14.3. The summed E-state index contributed by atoms with van der Waals surface area (Å²) in [5.41, 5.74) is 0.359. The van der Waals surface area contributed by atoms with Crippen molar-refractivity contribution >= 4 is 0 Å². The highest BCUT2D eigenvalue weighted by atomic mass is 16.6. The Morgan fingerprint density at radius 3 is 2.61 bits per heavy atom. The highest BCUT2D eigenvalue weighted by molar-refractivity contribution is 5.07. The number of hydrogen-bond donors (Lipinski definition) is 1. The van der Waals surface area contributed by atoms with Crippen LogP contribution in [0.1, 0.15) is 52.9 Å². The predicted octanol–water partition coefficient (Wildman–Crippen LogP) is 2.74. The van der Waals surface area contributed by atoms with Gasteiger partial charge in [-0.25, -0.2) is 0 Å². The monoisotopic (exact) mass is 255 g/mol. The van der Waals surface area contributed by atoms with Crippen molar-refractivity contribution in [1.82, 2.24) is 5.32 Å². The highest BCUT2D eigenvalue weighted by Crippen LogP contribution is 2.49. The summed E-state index contributed by atoms with van der Waals surface area (Å²) in [5.74, 6) is 0. The molecular formula is C15H29NO2. The standard InChI is InChI=1S/C15H29NO2/c1-4-8-16-13-10-14(15(13,5-2)6-3)18-12-7-9-17-11-12/h12-14,16H,4-11H2,1-3H3. The van der Waals surface area contributed by atoms with E-state index in [1.807, 2.05) is 0 Å². The molecule has 2 aliphatic rings. The van der Waals surface area contributed by atoms with Crippen molar-refractivity contribution in [3.8, 4) is 0 Å². The number of hydrogen-bond acceptors (Lipinski definition) is 3. The molecule has 1 saturated carbocycles. The highest BCUT2D eigenvalue weighted by Gasteiger charge is 2.53. The number of ether oxygens (including phenoxy) is 2. The fourth-order valence-electron chi connectivity index (χ4n) is 3.59. The summed E-state index contributed by atoms with van der Waals surface area (Å²) in [4.78, 5) is 0. The van der Waals surface area contributed by atoms with Crippen LogP contribution in [0.25, 0.3) is 0 Å². The van der Waals surface area contributed by atoms with Crippen LogP contribution in [-0.4, -0.2) is 38.0 Å². The topological polar surface area (TPSA) is 30.5 Å². The molecule has 0 aromatic carbocycles. The third-order valence-electron chi connectivity index (χ3n) is 4.99. The smallest absolute Gasteiger partial charge is 0.0834 e. The van der Waals surface area contributed by atoms with E-state index < -0.39 is 0 Å². The first-order valence-corrected chi connectivity index (χ1v) is 7.73. The van der Waals surface area contributed by atoms with E-state index in [-0.39, 0.29) is 0 Å². The molecule has 1 aliphatic heterocycles. The molecule has 106 valence electrons. The maximum Gasteiger partial charge on any atom is 0.0834 e. The van der Waals surface area contributed by atoms with Crippen LogP contribution in [0.2, 0.25) is 0 Å². The molecule has 1 aliphatic carbocycles. The van der Waals surface area contributed by atoms with Gasteiger partial charge in [0.1, 0.15) is 0 Å². The third-order valence-corrected chi connectivity index (χ3v) is 4.99. The van der Waals surface area contributed by atoms with Crippen molar-refractivity contribution in [2.75, 3.05) is 19.8 Å². The minimum atomic E-state index is 0.347. The van der Waals surface area contributed by atoms with Crippen LogP contribution in [0.5, 0.6) is 0 Å². The largest absolute Gasteiger partial charge is 0.379 e. The van der Waals surface area contributed by atoms with Gasteiger partial charge in [-0.05, 0) is 38.6 Å². The second-order valence-corrected chi connectivity index (χ2v) is 5.79. The van der Waals surface area contributed by atoms with E-state index in [0.717, 1.165) is 26.2 Å². The van der Waals surface area contributed by atoms with Crippen molar-refractivity contribution in [2.24, 2.45) is 5.41 Å². The lowest BCUT2D eigenvalue weighted by atomic mass is 9.58. The van der Waals surface area contributed by atoms with Crippen LogP contribution in [0.4, 0.5) is 0 Å². The average molecular weight is 255 g/mol. The minimum absolute atomic E-state index is 0.347. The predicted molar refractivity (Wildman–Crippen MR) is 73.8 cm³/mol. The zero-order valence-corrected chi connectivity index (χ0v) is 12.2. The Balaban J connectivity index is 1.90. The van der Waals surface area contributed by atoms with Gasteiger partial charge in [0.25, 0.3) is 0 Å². The van der Waals surface area contributed by atoms with Crippen molar-refractivity contribution in [2.45, 2.75) is 71.1 Å². The summed E-state index contributed by atoms with van der Waals surface area (Å²) < 4.78 is 11.7. The normalized spacial score (nSPS) is 34.5. The SMILES string of the molecule is CCCNC1CC(OC2CCOC2)C1(CC)CC. The summed E-state index contributed by atoms with van der Waals surface area (Å²) in [7, 11) is 0. The van der Waals surface area contributed by atoms with Crippen molar-refractivity contribution in [3.63, 3.8) is 0 Å². The zero-order chi connectivity index (χ0) is 13.0. The molecular weight excluding hydrogens is 226 g/mol. The molecule has 18 heavy (non-hydrogen) atoms. The lowest BCUT2D eigenvalue weighted by molar-refractivity contribution is -0.165. The maximum absolute atomic E-state index is 6.29. The van der Waals surface area contributed by atoms with Gasteiger partial charge in [-0.1, -0.05) is 20.8 Å². The van der Waals surface area contributed by atoms with Gasteiger partial charge in [0.05, 0.1) is 18.8 Å². The Bertz CT molecular complexity index is 247. The second kappa shape index (κ2) is 6.36. The van der Waals surface area contributed by atoms with Crippen LogP contribution in [0, 0.1) is 5.41 Å². The van der Waals surface area contributed by atoms with Gasteiger partial charge in [-0.3, -0.25) is 0 Å². The van der Waals surface area contributed by atoms with Crippen LogP contribution in [-0.2, 0) is 9.47 Å². The van der Waals surface area contributed by atoms with Gasteiger partial charge in [0.2, 0.25) is 0 Å². The summed E-state index contributed by atoms with van der Waals surface area (Å²) >= 11 is 0. The van der Waals surface area contributed by atoms with Crippen LogP contribution < -0.4 is 5.32 Å². The molecule has 3 atom stereocenters. The molecule has 1 N–H and O–H groups in total. The Morgan fingerprint density at radius 2 is 2.06 bits per heavy atom. The summed E-state index contributed by atoms with van der Waals surface area (Å²) in [6.07, 6.45) is 6.67. The van der Waals surface area contributed by atoms with E-state index in [9.17, 15) is 0 Å². The molecule has 2 rings (SSSR count). The van der Waals surface area contributed by atoms with Gasteiger partial charge in [-0.15, -0.1) is 0 Å². The molecule has 0 bridgehead atoms. The van der Waals surface area contributed by atoms with Gasteiger partial charge >= 0.3 is 0 Å². The van der Waals surface area contributed by atoms with Crippen molar-refractivity contribution in [1.29, 1.82) is 0 Å². The Kier molecular flexibility index (Phi) is 5.05. The molecule has 0 aromatic rings. The Hall–Kier alpha value is -0.120. The molecule has 0 aromatic heterocycles. The lowest BCUT2D eigenvalue weighted by Crippen LogP contribution is -2.64. The number of rotatable bonds is 7. The molecule has 0 amide bonds. The minimum Gasteiger partial charge on any atom is -0.379 e. The first-order valence-electron chi connectivity index (χ1n) is 7.73. The molecule has 3 unspecified atom stereocenters. The van der Waals surface area contributed by atoms with Crippen LogP contribution >= 0.6 is 0 Å². The van der Waals surface area contributed by atoms with Gasteiger partial charge < -0.3 is 14.8 Å². The fraction of sp³-hybridized carbons (Fsp3) is 1.00. The van der Waals surface area contributed by atoms with E-state index >= 15 is 0 Å². The fourth-order valence-corrected chi connectivity index (χ4v) is 3.59. The van der Waals surface area contributed by atoms with Crippen molar-refractivity contribution < 1.29 is 9.47 Å². The van der Waals surface area contributed by atoms with E-state index in [4.69, 9.17) is 9.47 Å². The first-order chi connectivity index (χ1) is 8.76. The zero-order valence-electron chi connectivity index (χ0n) is 12.2. The van der Waals surface area contributed by atoms with Gasteiger partial charge in [0, 0.05) is 18.1 Å². The summed E-state index contributed by atoms with van der Waals surface area (Å²) in [6, 6.07) is 0.653. The second-order valence-electron chi connectivity index (χ2n) is 5.79. The molecule has 0 spiro atoms. The Morgan fingerprint density at radius 1 is 1.28 bits per heavy atom. The number of nitrogens with one attached hydrogen (secondary N) is 1. The maximum atomic E-state index is 6.29. The van der Waals surface area contributed by atoms with E-state index in [1.54, 1.807) is 0 Å². The molecule has 3 nitrogen and oxygen atoms in total. The molecule has 1 saturated heterocycles. The molecule has 3 heteroatoms.